The van der Waals surface area contributed by atoms with Crippen LogP contribution in [0.2, 0.25) is 0 Å². The van der Waals surface area contributed by atoms with E-state index >= 15 is 0 Å². The van der Waals surface area contributed by atoms with Crippen LogP contribution in [0, 0.1) is 0 Å². The zero-order chi connectivity index (χ0) is 14.1. The maximum Gasteiger partial charge on any atom is 0.214 e. The summed E-state index contributed by atoms with van der Waals surface area (Å²) >= 11 is 0. The van der Waals surface area contributed by atoms with Gasteiger partial charge in [-0.1, -0.05) is 26.7 Å². The lowest BCUT2D eigenvalue weighted by molar-refractivity contribution is 0.394. The normalized spacial score (nSPS) is 16.2. The maximum absolute atomic E-state index is 12.3. The Hall–Kier alpha value is -0.130. The summed E-state index contributed by atoms with van der Waals surface area (Å²) in [7, 11) is -3.05. The average Bonchev–Trinajstić information content (AvgIpc) is 3.18. The topological polar surface area (TPSA) is 49.4 Å². The first-order chi connectivity index (χ1) is 9.10. The van der Waals surface area contributed by atoms with E-state index in [0.717, 1.165) is 38.6 Å². The van der Waals surface area contributed by atoms with Crippen molar-refractivity contribution >= 4 is 10.0 Å². The molecule has 0 spiro atoms. The predicted octanol–water partition coefficient (Wildman–Crippen LogP) is 2.36. The van der Waals surface area contributed by atoms with Gasteiger partial charge >= 0.3 is 0 Å². The predicted molar refractivity (Wildman–Crippen MR) is 80.8 cm³/mol. The molecule has 0 bridgehead atoms. The number of nitrogens with one attached hydrogen (secondary N) is 1. The molecule has 1 fully saturated rings. The quantitative estimate of drug-likeness (QED) is 0.561. The molecule has 4 nitrogen and oxygen atoms in total. The van der Waals surface area contributed by atoms with Gasteiger partial charge in [-0.3, -0.25) is 0 Å². The smallest absolute Gasteiger partial charge is 0.214 e. The number of nitrogens with zero attached hydrogens (tertiary/aromatic N) is 1. The Kier molecular flexibility index (Phi) is 7.95. The lowest BCUT2D eigenvalue weighted by Crippen LogP contribution is -2.35. The van der Waals surface area contributed by atoms with Gasteiger partial charge in [0.05, 0.1) is 5.75 Å². The van der Waals surface area contributed by atoms with Gasteiger partial charge < -0.3 is 5.32 Å². The van der Waals surface area contributed by atoms with Crippen LogP contribution in [0.15, 0.2) is 0 Å². The van der Waals surface area contributed by atoms with E-state index in [2.05, 4.69) is 19.2 Å². The third-order valence-corrected chi connectivity index (χ3v) is 5.46. The van der Waals surface area contributed by atoms with Crippen LogP contribution in [0.25, 0.3) is 0 Å². The van der Waals surface area contributed by atoms with Gasteiger partial charge in [-0.05, 0) is 38.6 Å². The minimum Gasteiger partial charge on any atom is -0.314 e. The zero-order valence-corrected chi connectivity index (χ0v) is 13.3. The summed E-state index contributed by atoms with van der Waals surface area (Å²) < 4.78 is 26.3. The molecule has 1 aliphatic carbocycles. The second-order valence-electron chi connectivity index (χ2n) is 5.50. The molecular formula is C14H30N2O2S. The Morgan fingerprint density at radius 3 is 2.11 bits per heavy atom. The van der Waals surface area contributed by atoms with Crippen molar-refractivity contribution in [1.29, 1.82) is 0 Å². The van der Waals surface area contributed by atoms with Crippen LogP contribution in [0.1, 0.15) is 58.8 Å². The summed E-state index contributed by atoms with van der Waals surface area (Å²) in [5, 5.41) is 3.37. The van der Waals surface area contributed by atoms with Crippen LogP contribution in [0.3, 0.4) is 0 Å². The second kappa shape index (κ2) is 8.93. The molecule has 1 saturated carbocycles. The van der Waals surface area contributed by atoms with E-state index < -0.39 is 10.0 Å². The van der Waals surface area contributed by atoms with Crippen LogP contribution in [-0.4, -0.2) is 44.2 Å². The highest BCUT2D eigenvalue weighted by atomic mass is 32.2. The van der Waals surface area contributed by atoms with Gasteiger partial charge in [0.1, 0.15) is 0 Å². The Morgan fingerprint density at radius 1 is 1.05 bits per heavy atom. The number of unbranched alkanes of at least 4 members (excludes halogenated alkanes) is 2. The molecule has 0 unspecified atom stereocenters. The van der Waals surface area contributed by atoms with Gasteiger partial charge in [0.15, 0.2) is 0 Å². The van der Waals surface area contributed by atoms with Gasteiger partial charge in [-0.2, -0.15) is 0 Å². The molecule has 1 N–H and O–H groups in total. The first-order valence-corrected chi connectivity index (χ1v) is 9.42. The lowest BCUT2D eigenvalue weighted by atomic mass is 10.3. The van der Waals surface area contributed by atoms with Crippen molar-refractivity contribution in [2.75, 3.05) is 25.4 Å². The summed E-state index contributed by atoms with van der Waals surface area (Å²) in [5.41, 5.74) is 0. The molecule has 114 valence electrons. The molecule has 0 saturated heterocycles. The first kappa shape index (κ1) is 16.9. The molecule has 0 aliphatic heterocycles. The van der Waals surface area contributed by atoms with E-state index in [1.165, 1.54) is 12.8 Å². The standard InChI is InChI=1S/C14H30N2O2S/c1-3-5-11-16(12-6-4-2)19(17,18)13-7-10-15-14-8-9-14/h14-15H,3-13H2,1-2H3. The monoisotopic (exact) mass is 290 g/mol. The molecular weight excluding hydrogens is 260 g/mol. The summed E-state index contributed by atoms with van der Waals surface area (Å²) in [6, 6.07) is 0.666. The number of rotatable bonds is 12. The minimum absolute atomic E-state index is 0.292. The number of hydrogen-bond donors (Lipinski definition) is 1. The van der Waals surface area contributed by atoms with Crippen LogP contribution >= 0.6 is 0 Å². The Labute approximate surface area is 119 Å². The summed E-state index contributed by atoms with van der Waals surface area (Å²) in [5.74, 6) is 0.292. The van der Waals surface area contributed by atoms with Crippen LogP contribution < -0.4 is 5.32 Å². The van der Waals surface area contributed by atoms with Crippen molar-refractivity contribution in [3.63, 3.8) is 0 Å². The van der Waals surface area contributed by atoms with Crippen molar-refractivity contribution in [2.24, 2.45) is 0 Å². The van der Waals surface area contributed by atoms with Gasteiger partial charge in [0.2, 0.25) is 10.0 Å². The molecule has 0 aromatic heterocycles. The highest BCUT2D eigenvalue weighted by Crippen LogP contribution is 2.18. The largest absolute Gasteiger partial charge is 0.314 e. The number of hydrogen-bond acceptors (Lipinski definition) is 3. The van der Waals surface area contributed by atoms with Crippen molar-refractivity contribution in [2.45, 2.75) is 64.8 Å². The third kappa shape index (κ3) is 7.28. The van der Waals surface area contributed by atoms with Gasteiger partial charge in [0, 0.05) is 19.1 Å². The Bertz CT molecular complexity index is 318. The first-order valence-electron chi connectivity index (χ1n) is 7.81. The van der Waals surface area contributed by atoms with Gasteiger partial charge in [0.25, 0.3) is 0 Å². The molecule has 0 heterocycles. The number of sulfonamides is 1. The van der Waals surface area contributed by atoms with Crippen molar-refractivity contribution < 1.29 is 8.42 Å². The fourth-order valence-electron chi connectivity index (χ4n) is 2.04. The van der Waals surface area contributed by atoms with Crippen molar-refractivity contribution in [1.82, 2.24) is 9.62 Å². The van der Waals surface area contributed by atoms with E-state index in [-0.39, 0.29) is 0 Å². The van der Waals surface area contributed by atoms with E-state index in [4.69, 9.17) is 0 Å². The van der Waals surface area contributed by atoms with E-state index in [1.807, 2.05) is 0 Å². The molecule has 0 aromatic carbocycles. The molecule has 1 rings (SSSR count). The minimum atomic E-state index is -3.05. The molecule has 0 atom stereocenters. The van der Waals surface area contributed by atoms with Crippen molar-refractivity contribution in [3.8, 4) is 0 Å². The van der Waals surface area contributed by atoms with E-state index in [9.17, 15) is 8.42 Å². The van der Waals surface area contributed by atoms with Gasteiger partial charge in [-0.15, -0.1) is 0 Å². The molecule has 5 heteroatoms. The molecule has 0 amide bonds. The van der Waals surface area contributed by atoms with E-state index in [1.54, 1.807) is 4.31 Å². The lowest BCUT2D eigenvalue weighted by Gasteiger charge is -2.21. The maximum atomic E-state index is 12.3. The van der Waals surface area contributed by atoms with Crippen LogP contribution in [-0.2, 0) is 10.0 Å². The summed E-state index contributed by atoms with van der Waals surface area (Å²) in [6.07, 6.45) is 7.25. The summed E-state index contributed by atoms with van der Waals surface area (Å²) in [6.45, 7) is 6.41. The summed E-state index contributed by atoms with van der Waals surface area (Å²) in [4.78, 5) is 0. The highest BCUT2D eigenvalue weighted by Gasteiger charge is 2.22. The highest BCUT2D eigenvalue weighted by molar-refractivity contribution is 7.89. The Morgan fingerprint density at radius 2 is 1.63 bits per heavy atom. The fourth-order valence-corrected chi connectivity index (χ4v) is 3.62. The fraction of sp³-hybridized carbons (Fsp3) is 1.00. The molecule has 0 aromatic rings. The second-order valence-corrected chi connectivity index (χ2v) is 7.59. The Balaban J connectivity index is 2.32. The molecule has 0 radical (unpaired) electrons. The van der Waals surface area contributed by atoms with Gasteiger partial charge in [-0.25, -0.2) is 12.7 Å². The zero-order valence-electron chi connectivity index (χ0n) is 12.5. The van der Waals surface area contributed by atoms with Crippen molar-refractivity contribution in [3.05, 3.63) is 0 Å². The third-order valence-electron chi connectivity index (χ3n) is 3.50. The van der Waals surface area contributed by atoms with Crippen LogP contribution in [0.4, 0.5) is 0 Å². The molecule has 19 heavy (non-hydrogen) atoms. The van der Waals surface area contributed by atoms with Crippen LogP contribution in [0.5, 0.6) is 0 Å². The SMILES string of the molecule is CCCCN(CCCC)S(=O)(=O)CCCNC1CC1. The average molecular weight is 290 g/mol. The van der Waals surface area contributed by atoms with E-state index in [0.29, 0.717) is 24.9 Å². The molecule has 1 aliphatic rings.